The Balaban J connectivity index is 0.968. The molecule has 0 aliphatic heterocycles. The van der Waals surface area contributed by atoms with Gasteiger partial charge in [0.2, 0.25) is 0 Å². The van der Waals surface area contributed by atoms with Crippen molar-refractivity contribution in [2.75, 3.05) is 0 Å². The van der Waals surface area contributed by atoms with E-state index < -0.39 is 0 Å². The third-order valence-corrected chi connectivity index (χ3v) is 9.72. The summed E-state index contributed by atoms with van der Waals surface area (Å²) in [7, 11) is 0. The summed E-state index contributed by atoms with van der Waals surface area (Å²) in [6.45, 7) is 2.10. The summed E-state index contributed by atoms with van der Waals surface area (Å²) in [6, 6.07) is 62.5. The fourth-order valence-electron chi connectivity index (χ4n) is 6.69. The summed E-state index contributed by atoms with van der Waals surface area (Å²) < 4.78 is 0. The van der Waals surface area contributed by atoms with E-state index in [1.54, 1.807) is 6.20 Å². The highest BCUT2D eigenvalue weighted by Gasteiger charge is 2.13. The van der Waals surface area contributed by atoms with Crippen LogP contribution in [0.15, 0.2) is 194 Å². The molecule has 5 nitrogen and oxygen atoms in total. The molecule has 0 saturated heterocycles. The van der Waals surface area contributed by atoms with Crippen molar-refractivity contribution in [3.63, 3.8) is 0 Å². The van der Waals surface area contributed by atoms with Crippen molar-refractivity contribution in [1.29, 1.82) is 0 Å². The molecule has 0 atom stereocenters. The average Bonchev–Trinajstić information content (AvgIpc) is 3.27. The predicted octanol–water partition coefficient (Wildman–Crippen LogP) is 12.3. The first-order chi connectivity index (χ1) is 27.1. The Labute approximate surface area is 320 Å². The first kappa shape index (κ1) is 33.5. The lowest BCUT2D eigenvalue weighted by molar-refractivity contribution is 1.18. The molecule has 4 aromatic heterocycles. The number of hydrogen-bond donors (Lipinski definition) is 0. The molecule has 0 spiro atoms. The van der Waals surface area contributed by atoms with Gasteiger partial charge in [-0.1, -0.05) is 151 Å². The molecule has 0 aliphatic rings. The lowest BCUT2D eigenvalue weighted by Gasteiger charge is -2.11. The molecule has 0 radical (unpaired) electrons. The molecule has 0 N–H and O–H groups in total. The van der Waals surface area contributed by atoms with Crippen LogP contribution in [0.4, 0.5) is 0 Å². The number of aromatic nitrogens is 5. The molecule has 5 heteroatoms. The number of rotatable bonds is 8. The molecule has 5 aromatic carbocycles. The van der Waals surface area contributed by atoms with Crippen molar-refractivity contribution in [3.8, 4) is 90.1 Å². The zero-order valence-electron chi connectivity index (χ0n) is 30.2. The lowest BCUT2D eigenvalue weighted by Crippen LogP contribution is -1.95. The van der Waals surface area contributed by atoms with E-state index in [0.29, 0.717) is 5.82 Å². The fourth-order valence-corrected chi connectivity index (χ4v) is 6.69. The number of hydrogen-bond acceptors (Lipinski definition) is 5. The fraction of sp³-hybridized carbons (Fsp3) is 0.0200. The molecule has 9 aromatic rings. The van der Waals surface area contributed by atoms with Crippen molar-refractivity contribution < 1.29 is 0 Å². The van der Waals surface area contributed by atoms with Gasteiger partial charge >= 0.3 is 0 Å². The van der Waals surface area contributed by atoms with Gasteiger partial charge in [-0.3, -0.25) is 9.97 Å². The van der Waals surface area contributed by atoms with Gasteiger partial charge < -0.3 is 0 Å². The molecule has 260 valence electrons. The van der Waals surface area contributed by atoms with Gasteiger partial charge in [-0.05, 0) is 71.1 Å². The third kappa shape index (κ3) is 7.32. The number of benzene rings is 5. The van der Waals surface area contributed by atoms with Gasteiger partial charge in [0.15, 0.2) is 5.82 Å². The minimum atomic E-state index is 0.697. The maximum absolute atomic E-state index is 4.99. The highest BCUT2D eigenvalue weighted by molar-refractivity contribution is 5.77. The van der Waals surface area contributed by atoms with Crippen LogP contribution in [-0.4, -0.2) is 24.9 Å². The van der Waals surface area contributed by atoms with Gasteiger partial charge in [0.05, 0.1) is 34.2 Å². The normalized spacial score (nSPS) is 11.0. The monoisotopic (exact) mass is 705 g/mol. The van der Waals surface area contributed by atoms with Crippen molar-refractivity contribution in [3.05, 3.63) is 200 Å². The predicted molar refractivity (Wildman–Crippen MR) is 224 cm³/mol. The summed E-state index contributed by atoms with van der Waals surface area (Å²) in [4.78, 5) is 24.4. The van der Waals surface area contributed by atoms with Crippen molar-refractivity contribution in [2.45, 2.75) is 6.92 Å². The van der Waals surface area contributed by atoms with E-state index in [9.17, 15) is 0 Å². The maximum Gasteiger partial charge on any atom is 0.160 e. The topological polar surface area (TPSA) is 64.5 Å². The summed E-state index contributed by atoms with van der Waals surface area (Å²) in [5.41, 5.74) is 15.9. The van der Waals surface area contributed by atoms with Crippen LogP contribution in [0.1, 0.15) is 5.56 Å². The molecule has 0 aliphatic carbocycles. The zero-order chi connectivity index (χ0) is 37.0. The van der Waals surface area contributed by atoms with Crippen molar-refractivity contribution in [1.82, 2.24) is 24.9 Å². The maximum atomic E-state index is 4.99. The first-order valence-electron chi connectivity index (χ1n) is 18.3. The highest BCUT2D eigenvalue weighted by atomic mass is 14.9. The molecule has 0 amide bonds. The number of aryl methyl sites for hydroxylation is 1. The van der Waals surface area contributed by atoms with Crippen molar-refractivity contribution >= 4 is 0 Å². The summed E-state index contributed by atoms with van der Waals surface area (Å²) in [5.74, 6) is 0.697. The molecule has 55 heavy (non-hydrogen) atoms. The Morgan fingerprint density at radius 2 is 0.764 bits per heavy atom. The Morgan fingerprint density at radius 3 is 1.29 bits per heavy atom. The quantitative estimate of drug-likeness (QED) is 0.157. The van der Waals surface area contributed by atoms with E-state index >= 15 is 0 Å². The van der Waals surface area contributed by atoms with Crippen LogP contribution in [-0.2, 0) is 0 Å². The van der Waals surface area contributed by atoms with E-state index in [2.05, 4.69) is 133 Å². The van der Waals surface area contributed by atoms with Crippen LogP contribution in [0, 0.1) is 6.92 Å². The SMILES string of the molecule is Cc1ccc(-c2cc(-c3ccccn3)nc(-c3ccc(-c4ccc(-c5ccc(-c6nc(-c7ccccc7)cc(-c7ccccc7)n6)cc5)cc4)cn3)c2)cc1. The van der Waals surface area contributed by atoms with Gasteiger partial charge in [0.1, 0.15) is 0 Å². The Morgan fingerprint density at radius 1 is 0.291 bits per heavy atom. The van der Waals surface area contributed by atoms with Crippen LogP contribution < -0.4 is 0 Å². The minimum Gasteiger partial charge on any atom is -0.255 e. The van der Waals surface area contributed by atoms with Crippen LogP contribution in [0.5, 0.6) is 0 Å². The lowest BCUT2D eigenvalue weighted by atomic mass is 9.99. The summed E-state index contributed by atoms with van der Waals surface area (Å²) >= 11 is 0. The molecule has 0 saturated carbocycles. The van der Waals surface area contributed by atoms with E-state index in [4.69, 9.17) is 19.9 Å². The Bertz CT molecular complexity index is 2640. The second-order valence-corrected chi connectivity index (χ2v) is 13.5. The standard InChI is InChI=1S/C50H35N5/c1-34-15-17-38(18-16-34)43-30-48(44-14-8-9-29-51-44)53-49(31-43)45-28-27-42(33-52-45)37-21-19-35(20-22-37)36-23-25-41(26-24-36)50-54-46(39-10-4-2-5-11-39)32-47(55-50)40-12-6-3-7-13-40/h2-33H,1H3. The Hall–Kier alpha value is -7.37. The molecular weight excluding hydrogens is 671 g/mol. The van der Waals surface area contributed by atoms with Gasteiger partial charge in [-0.25, -0.2) is 15.0 Å². The second kappa shape index (κ2) is 14.9. The minimum absolute atomic E-state index is 0.697. The van der Waals surface area contributed by atoms with E-state index in [-0.39, 0.29) is 0 Å². The van der Waals surface area contributed by atoms with E-state index in [0.717, 1.165) is 84.2 Å². The third-order valence-electron chi connectivity index (χ3n) is 9.72. The van der Waals surface area contributed by atoms with Crippen LogP contribution in [0.3, 0.4) is 0 Å². The molecule has 0 bridgehead atoms. The molecule has 0 fully saturated rings. The van der Waals surface area contributed by atoms with Crippen LogP contribution >= 0.6 is 0 Å². The van der Waals surface area contributed by atoms with E-state index in [1.807, 2.05) is 66.9 Å². The molecule has 0 unspecified atom stereocenters. The summed E-state index contributed by atoms with van der Waals surface area (Å²) in [5, 5.41) is 0. The van der Waals surface area contributed by atoms with Gasteiger partial charge in [0, 0.05) is 34.6 Å². The number of pyridine rings is 3. The van der Waals surface area contributed by atoms with Crippen LogP contribution in [0.2, 0.25) is 0 Å². The molecule has 9 rings (SSSR count). The zero-order valence-corrected chi connectivity index (χ0v) is 30.2. The summed E-state index contributed by atoms with van der Waals surface area (Å²) in [6.07, 6.45) is 3.72. The van der Waals surface area contributed by atoms with Crippen molar-refractivity contribution in [2.24, 2.45) is 0 Å². The van der Waals surface area contributed by atoms with Gasteiger partial charge in [0.25, 0.3) is 0 Å². The average molecular weight is 706 g/mol. The first-order valence-corrected chi connectivity index (χ1v) is 18.3. The smallest absolute Gasteiger partial charge is 0.160 e. The molecular formula is C50H35N5. The Kier molecular flexibility index (Phi) is 9.09. The number of nitrogens with zero attached hydrogens (tertiary/aromatic N) is 5. The van der Waals surface area contributed by atoms with E-state index in [1.165, 1.54) is 5.56 Å². The van der Waals surface area contributed by atoms with Crippen LogP contribution in [0.25, 0.3) is 90.1 Å². The van der Waals surface area contributed by atoms with Gasteiger partial charge in [-0.15, -0.1) is 0 Å². The van der Waals surface area contributed by atoms with Gasteiger partial charge in [-0.2, -0.15) is 0 Å². The highest BCUT2D eigenvalue weighted by Crippen LogP contribution is 2.32. The second-order valence-electron chi connectivity index (χ2n) is 13.5. The largest absolute Gasteiger partial charge is 0.255 e. The molecule has 4 heterocycles.